The van der Waals surface area contributed by atoms with Crippen molar-refractivity contribution in [1.82, 2.24) is 0 Å². The van der Waals surface area contributed by atoms with Crippen LogP contribution >= 0.6 is 22.7 Å². The lowest BCUT2D eigenvalue weighted by molar-refractivity contribution is 0.668. The van der Waals surface area contributed by atoms with Crippen LogP contribution in [0.1, 0.15) is 22.3 Å². The van der Waals surface area contributed by atoms with Gasteiger partial charge in [-0.05, 0) is 262 Å². The van der Waals surface area contributed by atoms with Crippen molar-refractivity contribution in [2.45, 2.75) is 27.7 Å². The third-order valence-corrected chi connectivity index (χ3v) is 27.6. The molecule has 24 rings (SSSR count). The van der Waals surface area contributed by atoms with Crippen LogP contribution < -0.4 is 19.6 Å². The molecule has 0 saturated carbocycles. The predicted octanol–water partition coefficient (Wildman–Crippen LogP) is 35.0. The zero-order chi connectivity index (χ0) is 82.6. The van der Waals surface area contributed by atoms with Gasteiger partial charge in [-0.25, -0.2) is 0 Å². The second-order valence-corrected chi connectivity index (χ2v) is 34.3. The summed E-state index contributed by atoms with van der Waals surface area (Å²) in [6, 6.07) is 148. The molecule has 124 heavy (non-hydrogen) atoms. The summed E-state index contributed by atoms with van der Waals surface area (Å²) in [5.41, 5.74) is 26.9. The molecule has 0 aliphatic rings. The number of fused-ring (bicyclic) bond motifs is 22. The van der Waals surface area contributed by atoms with Crippen molar-refractivity contribution in [3.8, 4) is 22.3 Å². The zero-order valence-electron chi connectivity index (χ0n) is 68.7. The molecule has 4 heterocycles. The zero-order valence-corrected chi connectivity index (χ0v) is 70.3. The molecule has 8 heteroatoms. The van der Waals surface area contributed by atoms with Gasteiger partial charge in [0.1, 0.15) is 16.7 Å². The Morgan fingerprint density at radius 2 is 0.540 bits per heavy atom. The minimum Gasteiger partial charge on any atom is -0.456 e. The van der Waals surface area contributed by atoms with Gasteiger partial charge in [-0.3, -0.25) is 0 Å². The van der Waals surface area contributed by atoms with Crippen molar-refractivity contribution < 1.29 is 8.83 Å². The fourth-order valence-electron chi connectivity index (χ4n) is 19.3. The Labute approximate surface area is 726 Å². The number of nitrogens with zero attached hydrogens (tertiary/aromatic N) is 4. The number of furan rings is 2. The van der Waals surface area contributed by atoms with Crippen molar-refractivity contribution in [3.63, 3.8) is 0 Å². The number of hydrogen-bond acceptors (Lipinski definition) is 8. The van der Waals surface area contributed by atoms with E-state index in [4.69, 9.17) is 8.83 Å². The average Bonchev–Trinajstić information content (AvgIpc) is 1.62. The smallest absolute Gasteiger partial charge is 0.159 e. The molecule has 4 aromatic heterocycles. The number of rotatable bonds is 14. The number of benzene rings is 20. The van der Waals surface area contributed by atoms with Crippen molar-refractivity contribution >= 4 is 218 Å². The molecular formula is C116H80N4O2S2. The second kappa shape index (κ2) is 30.4. The number of anilines is 12. The summed E-state index contributed by atoms with van der Waals surface area (Å²) in [7, 11) is 0. The number of hydrogen-bond donors (Lipinski definition) is 0. The minimum atomic E-state index is 0.868. The quantitative estimate of drug-likeness (QED) is 0.101. The first-order valence-corrected chi connectivity index (χ1v) is 44.0. The van der Waals surface area contributed by atoms with Gasteiger partial charge in [0.25, 0.3) is 0 Å². The highest BCUT2D eigenvalue weighted by molar-refractivity contribution is 7.27. The lowest BCUT2D eigenvalue weighted by atomic mass is 9.86. The van der Waals surface area contributed by atoms with Gasteiger partial charge < -0.3 is 28.4 Å². The fraction of sp³-hybridized carbons (Fsp3) is 0.0345. The largest absolute Gasteiger partial charge is 0.456 e. The Balaban J connectivity index is 0.000000144. The molecule has 6 nitrogen and oxygen atoms in total. The van der Waals surface area contributed by atoms with Crippen LogP contribution in [0.3, 0.4) is 0 Å². The molecule has 0 atom stereocenters. The van der Waals surface area contributed by atoms with E-state index in [0.717, 1.165) is 112 Å². The lowest BCUT2D eigenvalue weighted by Crippen LogP contribution is -2.15. The van der Waals surface area contributed by atoms with E-state index in [2.05, 4.69) is 454 Å². The standard InChI is InChI=1S/C60H44N2OS.C56H36N2OS/c1-37-39(3)58(62(43-21-10-6-11-22-43)44-23-12-7-13-24-44)40(4)38(2)56(37)41-31-33-50-52(35-41)46-25-14-15-27-48(46)57-51-34-32-45(36-55(51)64-60(50)57)61(42-19-8-5-9-20-42)53-29-18-28-49-47-26-16-17-30-54(47)63-59(49)53;1-5-15-39(16-6-1)57(40-17-7-2-8-18-40)43-27-31-47-46-29-25-38(34-52(46)59-53(47)35-43)37-26-30-49-51(33-37)45-23-13-14-24-48(45)55-50-32-28-44(36-54(50)60-56(49)55)58(41-19-9-3-10-20-41)42-21-11-4-12-22-42/h5-36H,1-4H3;1-36H. The molecule has 0 fully saturated rings. The fourth-order valence-corrected chi connectivity index (χ4v) is 21.9. The molecule has 24 aromatic rings. The van der Waals surface area contributed by atoms with E-state index in [1.54, 1.807) is 0 Å². The van der Waals surface area contributed by atoms with Gasteiger partial charge in [0, 0.05) is 136 Å². The molecule has 0 aliphatic carbocycles. The Kier molecular flexibility index (Phi) is 18.1. The third-order valence-electron chi connectivity index (χ3n) is 25.2. The molecule has 0 spiro atoms. The molecule has 588 valence electrons. The van der Waals surface area contributed by atoms with E-state index in [1.165, 1.54) is 128 Å². The Bertz CT molecular complexity index is 8150. The highest BCUT2D eigenvalue weighted by Gasteiger charge is 2.28. The SMILES string of the molecule is Cc1c(C)c(N(c2ccccc2)c2ccccc2)c(C)c(C)c1-c1ccc2c(c1)c1ccccc1c1c3ccc(N(c4ccccc4)c4cccc5c4oc4ccccc45)cc3sc21.c1ccc(N(c2ccccc2)c2ccc3c(c2)oc2cc(-c4ccc5c(c4)c4ccccc4c4c6ccc(N(c7ccccc7)c7ccccc7)cc6sc54)ccc23)cc1. The van der Waals surface area contributed by atoms with Gasteiger partial charge in [-0.1, -0.05) is 249 Å². The molecule has 0 bridgehead atoms. The molecular weight excluding hydrogens is 1550 g/mol. The van der Waals surface area contributed by atoms with E-state index >= 15 is 0 Å². The summed E-state index contributed by atoms with van der Waals surface area (Å²) in [5, 5.41) is 19.9. The summed E-state index contributed by atoms with van der Waals surface area (Å²) in [6.45, 7) is 9.19. The maximum atomic E-state index is 6.68. The number of para-hydroxylation sites is 9. The summed E-state index contributed by atoms with van der Waals surface area (Å²) in [6.07, 6.45) is 0. The lowest BCUT2D eigenvalue weighted by Gasteiger charge is -2.31. The van der Waals surface area contributed by atoms with Crippen molar-refractivity contribution in [1.29, 1.82) is 0 Å². The van der Waals surface area contributed by atoms with Crippen molar-refractivity contribution in [3.05, 3.63) is 435 Å². The maximum Gasteiger partial charge on any atom is 0.159 e. The van der Waals surface area contributed by atoms with E-state index in [-0.39, 0.29) is 0 Å². The van der Waals surface area contributed by atoms with Crippen LogP contribution in [0.15, 0.2) is 421 Å². The van der Waals surface area contributed by atoms with Crippen LogP contribution in [-0.4, -0.2) is 0 Å². The Morgan fingerprint density at radius 3 is 1.02 bits per heavy atom. The van der Waals surface area contributed by atoms with Gasteiger partial charge in [-0.2, -0.15) is 0 Å². The van der Waals surface area contributed by atoms with Crippen LogP contribution in [0.4, 0.5) is 68.2 Å². The van der Waals surface area contributed by atoms with Gasteiger partial charge in [0.05, 0.1) is 11.4 Å². The summed E-state index contributed by atoms with van der Waals surface area (Å²) in [4.78, 5) is 9.38. The Hall–Kier alpha value is -15.3. The van der Waals surface area contributed by atoms with E-state index in [1.807, 2.05) is 28.7 Å². The summed E-state index contributed by atoms with van der Waals surface area (Å²) in [5.74, 6) is 0. The van der Waals surface area contributed by atoms with Crippen molar-refractivity contribution in [2.75, 3.05) is 19.6 Å². The predicted molar refractivity (Wildman–Crippen MR) is 532 cm³/mol. The van der Waals surface area contributed by atoms with E-state index < -0.39 is 0 Å². The average molecular weight is 1630 g/mol. The van der Waals surface area contributed by atoms with Crippen LogP contribution in [0, 0.1) is 27.7 Å². The molecule has 0 aliphatic heterocycles. The van der Waals surface area contributed by atoms with Crippen LogP contribution in [0.2, 0.25) is 0 Å². The van der Waals surface area contributed by atoms with Crippen LogP contribution in [-0.2, 0) is 0 Å². The van der Waals surface area contributed by atoms with Gasteiger partial charge in [0.15, 0.2) is 5.58 Å². The molecule has 0 radical (unpaired) electrons. The topological polar surface area (TPSA) is 39.2 Å². The summed E-state index contributed by atoms with van der Waals surface area (Å²) >= 11 is 3.78. The minimum absolute atomic E-state index is 0.868. The molecule has 20 aromatic carbocycles. The van der Waals surface area contributed by atoms with Crippen molar-refractivity contribution in [2.24, 2.45) is 0 Å². The molecule has 0 amide bonds. The molecule has 0 saturated heterocycles. The van der Waals surface area contributed by atoms with E-state index in [0.29, 0.717) is 0 Å². The highest BCUT2D eigenvalue weighted by Crippen LogP contribution is 2.53. The third kappa shape index (κ3) is 12.4. The van der Waals surface area contributed by atoms with Crippen LogP contribution in [0.25, 0.3) is 150 Å². The Morgan fingerprint density at radius 1 is 0.202 bits per heavy atom. The maximum absolute atomic E-state index is 6.68. The van der Waals surface area contributed by atoms with E-state index in [9.17, 15) is 0 Å². The van der Waals surface area contributed by atoms with Gasteiger partial charge in [-0.15, -0.1) is 22.7 Å². The first-order valence-electron chi connectivity index (χ1n) is 42.3. The molecule has 0 unspecified atom stereocenters. The first kappa shape index (κ1) is 73.8. The van der Waals surface area contributed by atoms with Gasteiger partial charge in [0.2, 0.25) is 0 Å². The first-order chi connectivity index (χ1) is 61.2. The normalized spacial score (nSPS) is 11.7. The van der Waals surface area contributed by atoms with Gasteiger partial charge >= 0.3 is 0 Å². The second-order valence-electron chi connectivity index (χ2n) is 32.2. The summed E-state index contributed by atoms with van der Waals surface area (Å²) < 4.78 is 18.5. The number of thiophene rings is 2. The monoisotopic (exact) mass is 1620 g/mol. The highest BCUT2D eigenvalue weighted by atomic mass is 32.1. The molecule has 0 N–H and O–H groups in total. The van der Waals surface area contributed by atoms with Crippen LogP contribution in [0.5, 0.6) is 0 Å².